The fourth-order valence-corrected chi connectivity index (χ4v) is 5.60. The topological polar surface area (TPSA) is 99.7 Å². The number of fused-ring (bicyclic) bond motifs is 1. The first-order chi connectivity index (χ1) is 17.4. The van der Waals surface area contributed by atoms with Crippen LogP contribution in [0.25, 0.3) is 0 Å². The van der Waals surface area contributed by atoms with Gasteiger partial charge < -0.3 is 25.2 Å². The van der Waals surface area contributed by atoms with Crippen molar-refractivity contribution >= 4 is 46.6 Å². The molecule has 5 rings (SSSR count). The van der Waals surface area contributed by atoms with Gasteiger partial charge in [-0.1, -0.05) is 31.4 Å². The maximum absolute atomic E-state index is 12.9. The van der Waals surface area contributed by atoms with Crippen molar-refractivity contribution in [1.29, 1.82) is 0 Å². The molecule has 2 aromatic rings. The van der Waals surface area contributed by atoms with E-state index in [9.17, 15) is 9.59 Å². The summed E-state index contributed by atoms with van der Waals surface area (Å²) in [5.41, 5.74) is 1.83. The molecule has 9 nitrogen and oxygen atoms in total. The smallest absolute Gasteiger partial charge is 0.253 e. The number of hydrogen-bond donors (Lipinski definition) is 2. The molecule has 1 saturated heterocycles. The van der Waals surface area contributed by atoms with Crippen LogP contribution in [0.1, 0.15) is 55.8 Å². The van der Waals surface area contributed by atoms with Crippen LogP contribution in [0, 0.1) is 5.92 Å². The zero-order valence-electron chi connectivity index (χ0n) is 20.8. The number of benzene rings is 1. The van der Waals surface area contributed by atoms with Crippen molar-refractivity contribution in [2.24, 2.45) is 5.92 Å². The van der Waals surface area contributed by atoms with Crippen LogP contribution in [0.4, 0.5) is 23.1 Å². The summed E-state index contributed by atoms with van der Waals surface area (Å²) in [6.07, 6.45) is 7.90. The summed E-state index contributed by atoms with van der Waals surface area (Å²) in [4.78, 5) is 38.9. The van der Waals surface area contributed by atoms with Crippen LogP contribution in [-0.2, 0) is 9.53 Å². The third-order valence-electron chi connectivity index (χ3n) is 7.40. The summed E-state index contributed by atoms with van der Waals surface area (Å²) < 4.78 is 5.36. The Morgan fingerprint density at radius 1 is 1.17 bits per heavy atom. The highest BCUT2D eigenvalue weighted by atomic mass is 35.5. The molecule has 0 spiro atoms. The first-order valence-electron chi connectivity index (χ1n) is 12.8. The molecule has 192 valence electrons. The van der Waals surface area contributed by atoms with Crippen molar-refractivity contribution in [3.8, 4) is 0 Å². The first-order valence-corrected chi connectivity index (χ1v) is 13.1. The van der Waals surface area contributed by atoms with Crippen molar-refractivity contribution in [3.05, 3.63) is 35.0 Å². The van der Waals surface area contributed by atoms with Crippen molar-refractivity contribution < 1.29 is 14.3 Å². The molecule has 10 heteroatoms. The van der Waals surface area contributed by atoms with Gasteiger partial charge in [0.2, 0.25) is 11.9 Å². The van der Waals surface area contributed by atoms with Gasteiger partial charge in [0.1, 0.15) is 5.69 Å². The Bertz CT molecular complexity index is 1130. The van der Waals surface area contributed by atoms with Gasteiger partial charge >= 0.3 is 0 Å². The van der Waals surface area contributed by atoms with E-state index in [4.69, 9.17) is 21.3 Å². The van der Waals surface area contributed by atoms with E-state index in [0.29, 0.717) is 48.0 Å². The number of rotatable bonds is 5. The number of amides is 2. The maximum atomic E-state index is 12.9. The SMILES string of the molecule is CC1CN(C2CCCC2)c2nc(Nc3ccc(C(=O)NC4CCOCC4)c(Cl)c3)ncc2N(C)C1=O. The Kier molecular flexibility index (Phi) is 7.29. The van der Waals surface area contributed by atoms with E-state index in [2.05, 4.69) is 20.5 Å². The number of hydrogen-bond acceptors (Lipinski definition) is 7. The number of anilines is 4. The van der Waals surface area contributed by atoms with Gasteiger partial charge in [-0.3, -0.25) is 9.59 Å². The Labute approximate surface area is 216 Å². The van der Waals surface area contributed by atoms with Gasteiger partial charge in [-0.05, 0) is 43.9 Å². The van der Waals surface area contributed by atoms with Crippen molar-refractivity contribution in [1.82, 2.24) is 15.3 Å². The minimum absolute atomic E-state index is 0.0717. The minimum Gasteiger partial charge on any atom is -0.381 e. The van der Waals surface area contributed by atoms with E-state index >= 15 is 0 Å². The molecule has 2 N–H and O–H groups in total. The average Bonchev–Trinajstić information content (AvgIpc) is 3.39. The van der Waals surface area contributed by atoms with Gasteiger partial charge in [-0.25, -0.2) is 4.98 Å². The average molecular weight is 513 g/mol. The molecule has 1 aromatic carbocycles. The molecule has 1 unspecified atom stereocenters. The molecule has 3 heterocycles. The van der Waals surface area contributed by atoms with Crippen LogP contribution >= 0.6 is 11.6 Å². The van der Waals surface area contributed by atoms with Crippen molar-refractivity contribution in [3.63, 3.8) is 0 Å². The molecule has 1 aliphatic carbocycles. The van der Waals surface area contributed by atoms with E-state index in [1.54, 1.807) is 36.3 Å². The Morgan fingerprint density at radius 2 is 1.92 bits per heavy atom. The molecule has 0 bridgehead atoms. The van der Waals surface area contributed by atoms with E-state index < -0.39 is 0 Å². The van der Waals surface area contributed by atoms with Crippen LogP contribution in [-0.4, -0.2) is 60.7 Å². The minimum atomic E-state index is -0.186. The van der Waals surface area contributed by atoms with Crippen LogP contribution in [0.2, 0.25) is 5.02 Å². The van der Waals surface area contributed by atoms with Crippen LogP contribution in [0.5, 0.6) is 0 Å². The van der Waals surface area contributed by atoms with Crippen LogP contribution < -0.4 is 20.4 Å². The number of ether oxygens (including phenoxy) is 1. The summed E-state index contributed by atoms with van der Waals surface area (Å²) in [5.74, 6) is 0.955. The van der Waals surface area contributed by atoms with Gasteiger partial charge in [0, 0.05) is 44.6 Å². The highest BCUT2D eigenvalue weighted by molar-refractivity contribution is 6.34. The molecule has 2 amide bonds. The number of halogens is 1. The summed E-state index contributed by atoms with van der Waals surface area (Å²) >= 11 is 6.49. The van der Waals surface area contributed by atoms with Gasteiger partial charge in [0.15, 0.2) is 5.82 Å². The quantitative estimate of drug-likeness (QED) is 0.621. The van der Waals surface area contributed by atoms with Gasteiger partial charge in [0.25, 0.3) is 5.91 Å². The largest absolute Gasteiger partial charge is 0.381 e. The fraction of sp³-hybridized carbons (Fsp3) is 0.538. The third kappa shape index (κ3) is 5.13. The molecule has 1 aromatic heterocycles. The molecule has 0 radical (unpaired) electrons. The second-order valence-corrected chi connectivity index (χ2v) is 10.4. The van der Waals surface area contributed by atoms with Crippen LogP contribution in [0.15, 0.2) is 24.4 Å². The normalized spacial score (nSPS) is 21.3. The highest BCUT2D eigenvalue weighted by Crippen LogP contribution is 2.37. The molecule has 1 atom stereocenters. The van der Waals surface area contributed by atoms with E-state index in [0.717, 1.165) is 37.2 Å². The summed E-state index contributed by atoms with van der Waals surface area (Å²) in [7, 11) is 1.79. The third-order valence-corrected chi connectivity index (χ3v) is 7.71. The van der Waals surface area contributed by atoms with Crippen LogP contribution in [0.3, 0.4) is 0 Å². The standard InChI is InChI=1S/C26H33ClN6O3/c1-16-15-33(19-5-3-4-6-19)23-22(32(2)25(16)35)14-28-26(31-23)30-18-7-8-20(21(27)13-18)24(34)29-17-9-11-36-12-10-17/h7-8,13-14,16-17,19H,3-6,9-12,15H2,1-2H3,(H,29,34)(H,28,30,31). The first kappa shape index (κ1) is 24.8. The molecule has 2 fully saturated rings. The molecule has 2 aliphatic heterocycles. The lowest BCUT2D eigenvalue weighted by Gasteiger charge is -2.31. The predicted octanol–water partition coefficient (Wildman–Crippen LogP) is 4.14. The predicted molar refractivity (Wildman–Crippen MR) is 140 cm³/mol. The zero-order valence-corrected chi connectivity index (χ0v) is 21.6. The van der Waals surface area contributed by atoms with Crippen molar-refractivity contribution in [2.45, 2.75) is 57.5 Å². The summed E-state index contributed by atoms with van der Waals surface area (Å²) in [6.45, 7) is 3.92. The number of carbonyl (C=O) groups is 2. The number of nitrogens with zero attached hydrogens (tertiary/aromatic N) is 4. The monoisotopic (exact) mass is 512 g/mol. The maximum Gasteiger partial charge on any atom is 0.253 e. The number of aromatic nitrogens is 2. The second-order valence-electron chi connectivity index (χ2n) is 9.97. The zero-order chi connectivity index (χ0) is 25.2. The van der Waals surface area contributed by atoms with E-state index in [1.165, 1.54) is 12.8 Å². The van der Waals surface area contributed by atoms with E-state index in [-0.39, 0.29) is 23.8 Å². The molecular weight excluding hydrogens is 480 g/mol. The highest BCUT2D eigenvalue weighted by Gasteiger charge is 2.35. The van der Waals surface area contributed by atoms with Gasteiger partial charge in [0.05, 0.1) is 22.7 Å². The van der Waals surface area contributed by atoms with Gasteiger partial charge in [-0.15, -0.1) is 0 Å². The molecule has 3 aliphatic rings. The fourth-order valence-electron chi connectivity index (χ4n) is 5.33. The molecule has 36 heavy (non-hydrogen) atoms. The number of nitrogens with one attached hydrogen (secondary N) is 2. The van der Waals surface area contributed by atoms with E-state index in [1.807, 2.05) is 6.92 Å². The molecular formula is C26H33ClN6O3. The Morgan fingerprint density at radius 3 is 2.64 bits per heavy atom. The number of carbonyl (C=O) groups excluding carboxylic acids is 2. The lowest BCUT2D eigenvalue weighted by Crippen LogP contribution is -2.39. The van der Waals surface area contributed by atoms with Crippen molar-refractivity contribution in [2.75, 3.05) is 41.9 Å². The Balaban J connectivity index is 1.36. The Hall–Kier alpha value is -2.91. The molecule has 1 saturated carbocycles. The lowest BCUT2D eigenvalue weighted by atomic mass is 10.1. The summed E-state index contributed by atoms with van der Waals surface area (Å²) in [5, 5.41) is 6.62. The lowest BCUT2D eigenvalue weighted by molar-refractivity contribution is -0.121. The second kappa shape index (κ2) is 10.6. The van der Waals surface area contributed by atoms with Gasteiger partial charge in [-0.2, -0.15) is 4.98 Å². The summed E-state index contributed by atoms with van der Waals surface area (Å²) in [6, 6.07) is 5.69.